The van der Waals surface area contributed by atoms with Crippen LogP contribution in [0.15, 0.2) is 22.7 Å². The molecule has 0 aliphatic carbocycles. The van der Waals surface area contributed by atoms with E-state index in [1.165, 1.54) is 19.8 Å². The Bertz CT molecular complexity index is 581. The number of likely N-dealkylation sites (tertiary alicyclic amines) is 1. The lowest BCUT2D eigenvalue weighted by molar-refractivity contribution is -0.168. The van der Waals surface area contributed by atoms with Gasteiger partial charge in [-0.05, 0) is 58.0 Å². The van der Waals surface area contributed by atoms with Crippen LogP contribution in [-0.4, -0.2) is 35.7 Å². The predicted octanol–water partition coefficient (Wildman–Crippen LogP) is 3.69. The van der Waals surface area contributed by atoms with Gasteiger partial charge in [0.1, 0.15) is 11.4 Å². The zero-order valence-corrected chi connectivity index (χ0v) is 14.9. The van der Waals surface area contributed by atoms with Gasteiger partial charge in [-0.2, -0.15) is 0 Å². The van der Waals surface area contributed by atoms with E-state index in [4.69, 9.17) is 9.47 Å². The van der Waals surface area contributed by atoms with Crippen molar-refractivity contribution in [2.24, 2.45) is 0 Å². The van der Waals surface area contributed by atoms with Crippen LogP contribution >= 0.6 is 15.9 Å². The van der Waals surface area contributed by atoms with Crippen molar-refractivity contribution in [1.82, 2.24) is 4.90 Å². The summed E-state index contributed by atoms with van der Waals surface area (Å²) >= 11 is 3.54. The summed E-state index contributed by atoms with van der Waals surface area (Å²) in [5.74, 6) is 0.623. The highest BCUT2D eigenvalue weighted by atomic mass is 79.9. The van der Waals surface area contributed by atoms with Crippen molar-refractivity contribution in [3.05, 3.63) is 28.2 Å². The molecule has 0 radical (unpaired) electrons. The highest BCUT2D eigenvalue weighted by molar-refractivity contribution is 9.10. The lowest BCUT2D eigenvalue weighted by atomic mass is 9.85. The Morgan fingerprint density at radius 1 is 1.36 bits per heavy atom. The molecule has 0 spiro atoms. The minimum Gasteiger partial charge on any atom is -0.484 e. The molecule has 120 valence electrons. The number of hydrogen-bond donors (Lipinski definition) is 0. The average Bonchev–Trinajstić information content (AvgIpc) is 2.93. The number of benzene rings is 1. The Morgan fingerprint density at radius 3 is 2.68 bits per heavy atom. The van der Waals surface area contributed by atoms with Crippen molar-refractivity contribution >= 4 is 21.9 Å². The molecule has 0 saturated carbocycles. The molecule has 0 aromatic heterocycles. The fourth-order valence-corrected chi connectivity index (χ4v) is 3.90. The number of rotatable bonds is 2. The standard InChI is InChI=1S/C17H22BrNO3/c1-11(20)21-16-15(19-8-4-5-9-19)13-10-12(18)6-7-14(13)22-17(16,2)3/h6-7,10,15-16H,4-5,8-9H2,1-3H3/t15-,16+/m1/s1. The van der Waals surface area contributed by atoms with Crippen LogP contribution < -0.4 is 4.74 Å². The molecule has 0 bridgehead atoms. The highest BCUT2D eigenvalue weighted by Gasteiger charge is 2.48. The van der Waals surface area contributed by atoms with E-state index in [2.05, 4.69) is 26.9 Å². The first-order valence-corrected chi connectivity index (χ1v) is 8.57. The summed E-state index contributed by atoms with van der Waals surface area (Å²) in [5.41, 5.74) is 0.543. The van der Waals surface area contributed by atoms with Gasteiger partial charge in [0.2, 0.25) is 0 Å². The first kappa shape index (κ1) is 15.8. The molecule has 4 nitrogen and oxygen atoms in total. The SMILES string of the molecule is CC(=O)O[C@H]1[C@H](N2CCCC2)c2cc(Br)ccc2OC1(C)C. The number of halogens is 1. The summed E-state index contributed by atoms with van der Waals surface area (Å²) in [6.07, 6.45) is 2.06. The lowest BCUT2D eigenvalue weighted by Gasteiger charge is -2.47. The third-order valence-electron chi connectivity index (χ3n) is 4.46. The van der Waals surface area contributed by atoms with Crippen LogP contribution in [0.5, 0.6) is 5.75 Å². The second kappa shape index (κ2) is 5.85. The maximum absolute atomic E-state index is 11.6. The van der Waals surface area contributed by atoms with Crippen LogP contribution in [0.25, 0.3) is 0 Å². The molecule has 22 heavy (non-hydrogen) atoms. The van der Waals surface area contributed by atoms with E-state index in [1.807, 2.05) is 26.0 Å². The zero-order valence-electron chi connectivity index (χ0n) is 13.3. The number of esters is 1. The molecule has 0 unspecified atom stereocenters. The second-order valence-electron chi connectivity index (χ2n) is 6.61. The molecule has 0 N–H and O–H groups in total. The maximum Gasteiger partial charge on any atom is 0.303 e. The van der Waals surface area contributed by atoms with Crippen LogP contribution in [0.1, 0.15) is 45.2 Å². The van der Waals surface area contributed by atoms with Gasteiger partial charge in [0.25, 0.3) is 0 Å². The van der Waals surface area contributed by atoms with E-state index >= 15 is 0 Å². The van der Waals surface area contributed by atoms with Crippen molar-refractivity contribution in [3.63, 3.8) is 0 Å². The van der Waals surface area contributed by atoms with E-state index in [9.17, 15) is 4.79 Å². The molecule has 5 heteroatoms. The Labute approximate surface area is 139 Å². The largest absolute Gasteiger partial charge is 0.484 e. The van der Waals surface area contributed by atoms with Gasteiger partial charge in [0.15, 0.2) is 6.10 Å². The van der Waals surface area contributed by atoms with E-state index in [-0.39, 0.29) is 18.1 Å². The van der Waals surface area contributed by atoms with Gasteiger partial charge in [-0.15, -0.1) is 0 Å². The zero-order chi connectivity index (χ0) is 15.9. The highest BCUT2D eigenvalue weighted by Crippen LogP contribution is 2.46. The van der Waals surface area contributed by atoms with Gasteiger partial charge in [0.05, 0.1) is 6.04 Å². The number of nitrogens with zero attached hydrogens (tertiary/aromatic N) is 1. The Kier molecular flexibility index (Phi) is 4.21. The van der Waals surface area contributed by atoms with E-state index in [0.717, 1.165) is 28.9 Å². The molecular formula is C17H22BrNO3. The smallest absolute Gasteiger partial charge is 0.303 e. The second-order valence-corrected chi connectivity index (χ2v) is 7.52. The summed E-state index contributed by atoms with van der Waals surface area (Å²) in [5, 5.41) is 0. The third-order valence-corrected chi connectivity index (χ3v) is 4.96. The van der Waals surface area contributed by atoms with Crippen LogP contribution in [0.2, 0.25) is 0 Å². The van der Waals surface area contributed by atoms with E-state index in [1.54, 1.807) is 0 Å². The summed E-state index contributed by atoms with van der Waals surface area (Å²) < 4.78 is 12.9. The normalized spacial score (nSPS) is 27.1. The molecule has 2 heterocycles. The van der Waals surface area contributed by atoms with Crippen LogP contribution in [0, 0.1) is 0 Å². The number of carbonyl (C=O) groups is 1. The average molecular weight is 368 g/mol. The van der Waals surface area contributed by atoms with Crippen LogP contribution in [0.3, 0.4) is 0 Å². The van der Waals surface area contributed by atoms with Gasteiger partial charge in [0, 0.05) is 17.0 Å². The van der Waals surface area contributed by atoms with Gasteiger partial charge in [-0.3, -0.25) is 9.69 Å². The first-order valence-electron chi connectivity index (χ1n) is 7.78. The molecular weight excluding hydrogens is 346 g/mol. The molecule has 2 aliphatic heterocycles. The van der Waals surface area contributed by atoms with Gasteiger partial charge in [-0.25, -0.2) is 0 Å². The van der Waals surface area contributed by atoms with Crippen molar-refractivity contribution in [3.8, 4) is 5.75 Å². The lowest BCUT2D eigenvalue weighted by Crippen LogP contribution is -2.55. The van der Waals surface area contributed by atoms with E-state index < -0.39 is 5.60 Å². The molecule has 2 aliphatic rings. The number of carbonyl (C=O) groups excluding carboxylic acids is 1. The number of hydrogen-bond acceptors (Lipinski definition) is 4. The van der Waals surface area contributed by atoms with E-state index in [0.29, 0.717) is 0 Å². The molecule has 2 atom stereocenters. The van der Waals surface area contributed by atoms with Gasteiger partial charge < -0.3 is 9.47 Å². The Morgan fingerprint density at radius 2 is 2.05 bits per heavy atom. The first-order chi connectivity index (χ1) is 10.4. The fraction of sp³-hybridized carbons (Fsp3) is 0.588. The van der Waals surface area contributed by atoms with Crippen molar-refractivity contribution in [2.75, 3.05) is 13.1 Å². The minimum atomic E-state index is -0.556. The molecule has 1 saturated heterocycles. The van der Waals surface area contributed by atoms with Crippen LogP contribution in [-0.2, 0) is 9.53 Å². The predicted molar refractivity (Wildman–Crippen MR) is 88.0 cm³/mol. The maximum atomic E-state index is 11.6. The van der Waals surface area contributed by atoms with Gasteiger partial charge >= 0.3 is 5.97 Å². The summed E-state index contributed by atoms with van der Waals surface area (Å²) in [7, 11) is 0. The minimum absolute atomic E-state index is 0.0441. The Hall–Kier alpha value is -1.07. The van der Waals surface area contributed by atoms with Crippen molar-refractivity contribution in [2.45, 2.75) is 51.4 Å². The number of ether oxygens (including phenoxy) is 2. The summed E-state index contributed by atoms with van der Waals surface area (Å²) in [4.78, 5) is 14.1. The fourth-order valence-electron chi connectivity index (χ4n) is 3.52. The van der Waals surface area contributed by atoms with Crippen molar-refractivity contribution in [1.29, 1.82) is 0 Å². The molecule has 1 aromatic rings. The summed E-state index contributed by atoms with van der Waals surface area (Å²) in [6.45, 7) is 7.52. The Balaban J connectivity index is 2.08. The number of fused-ring (bicyclic) bond motifs is 1. The topological polar surface area (TPSA) is 38.8 Å². The van der Waals surface area contributed by atoms with Gasteiger partial charge in [-0.1, -0.05) is 15.9 Å². The third kappa shape index (κ3) is 2.88. The van der Waals surface area contributed by atoms with Crippen LogP contribution in [0.4, 0.5) is 0 Å². The summed E-state index contributed by atoms with van der Waals surface area (Å²) in [6, 6.07) is 6.11. The van der Waals surface area contributed by atoms with Crippen molar-refractivity contribution < 1.29 is 14.3 Å². The quantitative estimate of drug-likeness (QED) is 0.747. The molecule has 1 fully saturated rings. The molecule has 0 amide bonds. The monoisotopic (exact) mass is 367 g/mol. The molecule has 3 rings (SSSR count). The molecule has 1 aromatic carbocycles.